The van der Waals surface area contributed by atoms with E-state index in [0.29, 0.717) is 21.2 Å². The van der Waals surface area contributed by atoms with E-state index in [0.717, 1.165) is 0 Å². The Hall–Kier alpha value is -3.19. The van der Waals surface area contributed by atoms with Gasteiger partial charge < -0.3 is 14.2 Å². The molecule has 0 atom stereocenters. The van der Waals surface area contributed by atoms with Gasteiger partial charge in [-0.2, -0.15) is 0 Å². The molecule has 172 valence electrons. The second-order valence-corrected chi connectivity index (χ2v) is 14.0. The van der Waals surface area contributed by atoms with Crippen LogP contribution in [0.25, 0.3) is 0 Å². The molecule has 0 saturated heterocycles. The van der Waals surface area contributed by atoms with Gasteiger partial charge in [-0.05, 0) is 0 Å². The number of carboxylic acids is 1. The van der Waals surface area contributed by atoms with Gasteiger partial charge in [0, 0.05) is 33.5 Å². The zero-order chi connectivity index (χ0) is 24.0. The molecule has 4 rings (SSSR count). The largest absolute Gasteiger partial charge is 0.481 e. The van der Waals surface area contributed by atoms with Gasteiger partial charge in [0.05, 0.1) is 5.92 Å². The molecule has 0 aromatic heterocycles. The first-order chi connectivity index (χ1) is 16.4. The van der Waals surface area contributed by atoms with E-state index < -0.39 is 26.2 Å². The molecular weight excluding hydrogens is 462 g/mol. The topological polar surface area (TPSA) is 71.4 Å². The van der Waals surface area contributed by atoms with Crippen molar-refractivity contribution in [3.8, 4) is 0 Å². The quantitative estimate of drug-likeness (QED) is 0.346. The Morgan fingerprint density at radius 1 is 0.529 bits per heavy atom. The molecule has 0 aliphatic heterocycles. The molecule has 0 aliphatic carbocycles. The summed E-state index contributed by atoms with van der Waals surface area (Å²) in [4.78, 5) is 12.5. The highest BCUT2D eigenvalue weighted by Crippen LogP contribution is 2.50. The SMILES string of the molecule is O=C(O)C(CP(=O)(c1ccccc1)c1ccccc1)CP(=O)(c1ccccc1)c1ccccc1. The standard InChI is InChI=1S/C28H26O4P2/c29-28(30)23(21-33(31,24-13-5-1-6-14-24)25-15-7-2-8-16-25)22-34(32,26-17-9-3-10-18-26)27-19-11-4-12-20-27/h1-20,23H,21-22H2,(H,29,30). The third kappa shape index (κ3) is 4.99. The highest BCUT2D eigenvalue weighted by Gasteiger charge is 2.39. The fraction of sp³-hybridized carbons (Fsp3) is 0.107. The van der Waals surface area contributed by atoms with Crippen molar-refractivity contribution in [1.82, 2.24) is 0 Å². The molecule has 0 unspecified atom stereocenters. The summed E-state index contributed by atoms with van der Waals surface area (Å²) in [5.74, 6) is -2.17. The van der Waals surface area contributed by atoms with Crippen molar-refractivity contribution < 1.29 is 19.0 Å². The van der Waals surface area contributed by atoms with Crippen molar-refractivity contribution in [2.24, 2.45) is 5.92 Å². The third-order valence-electron chi connectivity index (χ3n) is 6.00. The van der Waals surface area contributed by atoms with Crippen LogP contribution < -0.4 is 21.2 Å². The van der Waals surface area contributed by atoms with Gasteiger partial charge in [0.2, 0.25) is 0 Å². The van der Waals surface area contributed by atoms with Gasteiger partial charge in [0.25, 0.3) is 0 Å². The van der Waals surface area contributed by atoms with Crippen molar-refractivity contribution >= 4 is 41.5 Å². The first-order valence-electron chi connectivity index (χ1n) is 11.1. The van der Waals surface area contributed by atoms with Crippen LogP contribution in [0.2, 0.25) is 0 Å². The summed E-state index contributed by atoms with van der Waals surface area (Å²) in [5, 5.41) is 12.6. The molecule has 0 heterocycles. The lowest BCUT2D eigenvalue weighted by Gasteiger charge is -2.27. The molecule has 0 fully saturated rings. The summed E-state index contributed by atoms with van der Waals surface area (Å²) in [6, 6.07) is 36.0. The van der Waals surface area contributed by atoms with Crippen molar-refractivity contribution in [1.29, 1.82) is 0 Å². The van der Waals surface area contributed by atoms with Crippen LogP contribution in [0.1, 0.15) is 0 Å². The van der Waals surface area contributed by atoms with Crippen LogP contribution in [-0.2, 0) is 13.9 Å². The molecule has 0 saturated carbocycles. The van der Waals surface area contributed by atoms with Gasteiger partial charge in [0.15, 0.2) is 0 Å². The summed E-state index contributed by atoms with van der Waals surface area (Å²) in [5.41, 5.74) is 0. The summed E-state index contributed by atoms with van der Waals surface area (Å²) in [6.07, 6.45) is -0.222. The Bertz CT molecular complexity index is 1140. The number of hydrogen-bond donors (Lipinski definition) is 1. The van der Waals surface area contributed by atoms with Gasteiger partial charge in [-0.3, -0.25) is 4.79 Å². The molecule has 34 heavy (non-hydrogen) atoms. The average Bonchev–Trinajstić information content (AvgIpc) is 2.90. The molecular formula is C28H26O4P2. The monoisotopic (exact) mass is 488 g/mol. The number of hydrogen-bond acceptors (Lipinski definition) is 3. The van der Waals surface area contributed by atoms with Crippen LogP contribution in [0.15, 0.2) is 121 Å². The van der Waals surface area contributed by atoms with E-state index in [-0.39, 0.29) is 12.3 Å². The molecule has 0 aliphatic rings. The van der Waals surface area contributed by atoms with Crippen molar-refractivity contribution in [3.63, 3.8) is 0 Å². The number of carboxylic acid groups (broad SMARTS) is 1. The van der Waals surface area contributed by atoms with Crippen LogP contribution >= 0.6 is 14.3 Å². The van der Waals surface area contributed by atoms with Crippen molar-refractivity contribution in [2.75, 3.05) is 12.3 Å². The van der Waals surface area contributed by atoms with Crippen molar-refractivity contribution in [2.45, 2.75) is 0 Å². The first-order valence-corrected chi connectivity index (χ1v) is 14.9. The van der Waals surface area contributed by atoms with Crippen molar-refractivity contribution in [3.05, 3.63) is 121 Å². The maximum absolute atomic E-state index is 14.5. The fourth-order valence-corrected chi connectivity index (χ4v) is 10.3. The lowest BCUT2D eigenvalue weighted by atomic mass is 10.2. The van der Waals surface area contributed by atoms with E-state index in [2.05, 4.69) is 0 Å². The molecule has 0 amide bonds. The smallest absolute Gasteiger partial charge is 0.307 e. The molecule has 4 aromatic carbocycles. The van der Waals surface area contributed by atoms with E-state index in [1.807, 2.05) is 24.3 Å². The van der Waals surface area contributed by atoms with Gasteiger partial charge >= 0.3 is 5.97 Å². The number of carbonyl (C=O) groups is 1. The minimum absolute atomic E-state index is 0.111. The number of rotatable bonds is 9. The third-order valence-corrected chi connectivity index (χ3v) is 12.4. The maximum Gasteiger partial charge on any atom is 0.307 e. The second kappa shape index (κ2) is 10.4. The predicted molar refractivity (Wildman–Crippen MR) is 140 cm³/mol. The van der Waals surface area contributed by atoms with Crippen LogP contribution in [0.3, 0.4) is 0 Å². The molecule has 0 bridgehead atoms. The molecule has 1 N–H and O–H groups in total. The van der Waals surface area contributed by atoms with Gasteiger partial charge in [-0.15, -0.1) is 0 Å². The summed E-state index contributed by atoms with van der Waals surface area (Å²) >= 11 is 0. The highest BCUT2D eigenvalue weighted by molar-refractivity contribution is 7.79. The Kier molecular flexibility index (Phi) is 7.32. The van der Waals surface area contributed by atoms with Gasteiger partial charge in [-0.25, -0.2) is 0 Å². The minimum atomic E-state index is -3.31. The Labute approximate surface area is 200 Å². The average molecular weight is 488 g/mol. The zero-order valence-electron chi connectivity index (χ0n) is 18.6. The summed E-state index contributed by atoms with van der Waals surface area (Å²) in [7, 11) is -6.61. The number of aliphatic carboxylic acids is 1. The Balaban J connectivity index is 1.80. The van der Waals surface area contributed by atoms with E-state index in [4.69, 9.17) is 0 Å². The minimum Gasteiger partial charge on any atom is -0.481 e. The first kappa shape index (κ1) is 24.0. The van der Waals surface area contributed by atoms with Crippen LogP contribution in [0.4, 0.5) is 0 Å². The lowest BCUT2D eigenvalue weighted by molar-refractivity contribution is -0.140. The van der Waals surface area contributed by atoms with E-state index in [9.17, 15) is 19.0 Å². The maximum atomic E-state index is 14.5. The summed E-state index contributed by atoms with van der Waals surface area (Å²) < 4.78 is 29.1. The summed E-state index contributed by atoms with van der Waals surface area (Å²) in [6.45, 7) is 0. The fourth-order valence-electron chi connectivity index (χ4n) is 4.23. The number of benzene rings is 4. The van der Waals surface area contributed by atoms with Gasteiger partial charge in [-0.1, -0.05) is 121 Å². The molecule has 0 radical (unpaired) electrons. The normalized spacial score (nSPS) is 11.9. The van der Waals surface area contributed by atoms with Crippen LogP contribution in [0.5, 0.6) is 0 Å². The van der Waals surface area contributed by atoms with Gasteiger partial charge in [0.1, 0.15) is 14.3 Å². The Morgan fingerprint density at radius 2 is 0.765 bits per heavy atom. The molecule has 0 spiro atoms. The van der Waals surface area contributed by atoms with E-state index in [1.54, 1.807) is 97.1 Å². The predicted octanol–water partition coefficient (Wildman–Crippen LogP) is 4.72. The molecule has 6 heteroatoms. The molecule has 4 aromatic rings. The zero-order valence-corrected chi connectivity index (χ0v) is 20.4. The molecule has 4 nitrogen and oxygen atoms in total. The van der Waals surface area contributed by atoms with Crippen LogP contribution in [0, 0.1) is 5.92 Å². The second-order valence-electron chi connectivity index (χ2n) is 8.22. The van der Waals surface area contributed by atoms with E-state index >= 15 is 0 Å². The highest BCUT2D eigenvalue weighted by atomic mass is 31.2. The van der Waals surface area contributed by atoms with E-state index in [1.165, 1.54) is 0 Å². The lowest BCUT2D eigenvalue weighted by Crippen LogP contribution is -2.32. The Morgan fingerprint density at radius 3 is 0.971 bits per heavy atom. The van der Waals surface area contributed by atoms with Crippen LogP contribution in [-0.4, -0.2) is 23.4 Å².